The van der Waals surface area contributed by atoms with Crippen LogP contribution in [0.25, 0.3) is 0 Å². The lowest BCUT2D eigenvalue weighted by atomic mass is 10.0. The van der Waals surface area contributed by atoms with Gasteiger partial charge in [-0.05, 0) is 60.5 Å². The van der Waals surface area contributed by atoms with Gasteiger partial charge in [0.15, 0.2) is 0 Å². The Bertz CT molecular complexity index is 926. The lowest BCUT2D eigenvalue weighted by Crippen LogP contribution is -2.49. The Labute approximate surface area is 198 Å². The van der Waals surface area contributed by atoms with Crippen LogP contribution in [0, 0.1) is 0 Å². The molecule has 0 saturated carbocycles. The zero-order valence-electron chi connectivity index (χ0n) is 18.3. The smallest absolute Gasteiger partial charge is 0.242 e. The Hall–Kier alpha value is -2.09. The van der Waals surface area contributed by atoms with E-state index in [0.29, 0.717) is 36.9 Å². The lowest BCUT2D eigenvalue weighted by molar-refractivity contribution is -0.143. The van der Waals surface area contributed by atoms with E-state index in [9.17, 15) is 9.59 Å². The van der Waals surface area contributed by atoms with Gasteiger partial charge in [0.25, 0.3) is 0 Å². The van der Waals surface area contributed by atoms with Crippen molar-refractivity contribution in [2.45, 2.75) is 44.8 Å². The van der Waals surface area contributed by atoms with Crippen molar-refractivity contribution in [3.63, 3.8) is 0 Å². The summed E-state index contributed by atoms with van der Waals surface area (Å²) in [5, 5.41) is 2.72. The molecule has 2 aliphatic rings. The fourth-order valence-electron chi connectivity index (χ4n) is 4.35. The minimum absolute atomic E-state index is 0.0175. The van der Waals surface area contributed by atoms with Crippen molar-refractivity contribution in [3.05, 3.63) is 51.2 Å². The second-order valence-corrected chi connectivity index (χ2v) is 9.62. The molecule has 0 aliphatic carbocycles. The van der Waals surface area contributed by atoms with Gasteiger partial charge < -0.3 is 19.3 Å². The molecule has 0 unspecified atom stereocenters. The number of fused-ring (bicyclic) bond motifs is 1. The monoisotopic (exact) mass is 476 g/mol. The quantitative estimate of drug-likeness (QED) is 0.569. The zero-order valence-corrected chi connectivity index (χ0v) is 19.9. The van der Waals surface area contributed by atoms with Gasteiger partial charge >= 0.3 is 0 Å². The number of amides is 2. The van der Waals surface area contributed by atoms with Crippen LogP contribution in [0.15, 0.2) is 35.7 Å². The third kappa shape index (κ3) is 5.45. The summed E-state index contributed by atoms with van der Waals surface area (Å²) in [6.45, 7) is 4.07. The van der Waals surface area contributed by atoms with Crippen LogP contribution >= 0.6 is 22.9 Å². The van der Waals surface area contributed by atoms with Gasteiger partial charge in [-0.1, -0.05) is 18.5 Å². The van der Waals surface area contributed by atoms with Gasteiger partial charge in [0.2, 0.25) is 11.8 Å². The number of carbonyl (C=O) groups excluding carboxylic acids is 2. The van der Waals surface area contributed by atoms with Gasteiger partial charge in [0, 0.05) is 36.0 Å². The van der Waals surface area contributed by atoms with Crippen LogP contribution in [0.2, 0.25) is 5.02 Å². The van der Waals surface area contributed by atoms with E-state index in [4.69, 9.17) is 21.1 Å². The van der Waals surface area contributed by atoms with Gasteiger partial charge in [0.05, 0.1) is 18.7 Å². The Kier molecular flexibility index (Phi) is 7.71. The zero-order chi connectivity index (χ0) is 22.5. The Morgan fingerprint density at radius 2 is 2.09 bits per heavy atom. The van der Waals surface area contributed by atoms with Crippen molar-refractivity contribution in [1.82, 2.24) is 9.80 Å². The molecule has 2 atom stereocenters. The first-order chi connectivity index (χ1) is 15.5. The molecule has 2 aliphatic heterocycles. The molecule has 3 heterocycles. The molecule has 6 nitrogen and oxygen atoms in total. The predicted octanol–water partition coefficient (Wildman–Crippen LogP) is 4.32. The van der Waals surface area contributed by atoms with Crippen molar-refractivity contribution in [2.75, 3.05) is 32.8 Å². The molecular formula is C24H29ClN2O4S. The molecule has 32 heavy (non-hydrogen) atoms. The highest BCUT2D eigenvalue weighted by Gasteiger charge is 2.34. The molecule has 2 amide bonds. The van der Waals surface area contributed by atoms with E-state index in [0.717, 1.165) is 31.4 Å². The van der Waals surface area contributed by atoms with Gasteiger partial charge in [0.1, 0.15) is 12.4 Å². The fraction of sp³-hybridized carbons (Fsp3) is 0.500. The molecule has 8 heteroatoms. The summed E-state index contributed by atoms with van der Waals surface area (Å²) in [7, 11) is 0. The number of halogens is 1. The van der Waals surface area contributed by atoms with Crippen LogP contribution in [-0.4, -0.2) is 60.6 Å². The number of rotatable bonds is 8. The predicted molar refractivity (Wildman–Crippen MR) is 125 cm³/mol. The first-order valence-electron chi connectivity index (χ1n) is 11.2. The Morgan fingerprint density at radius 1 is 1.28 bits per heavy atom. The van der Waals surface area contributed by atoms with E-state index in [1.165, 1.54) is 4.88 Å². The Morgan fingerprint density at radius 3 is 2.81 bits per heavy atom. The first-order valence-corrected chi connectivity index (χ1v) is 12.4. The van der Waals surface area contributed by atoms with Crippen molar-refractivity contribution < 1.29 is 19.1 Å². The molecular weight excluding hydrogens is 448 g/mol. The standard InChI is InChI=1S/C24H29ClN2O4S/c1-2-23(28)26(14-19-4-3-12-30-19)15-24(29)27-11-9-22-20(10-13-32-22)21(27)16-31-18-7-5-17(25)6-8-18/h5-8,10,13,19,21H,2-4,9,11-12,14-16H2,1H3/t19-,21+/m0/s1. The molecule has 1 fully saturated rings. The summed E-state index contributed by atoms with van der Waals surface area (Å²) in [5.74, 6) is 0.646. The van der Waals surface area contributed by atoms with Crippen molar-refractivity contribution in [3.8, 4) is 5.75 Å². The van der Waals surface area contributed by atoms with Crippen LogP contribution in [0.3, 0.4) is 0 Å². The summed E-state index contributed by atoms with van der Waals surface area (Å²) in [4.78, 5) is 30.8. The van der Waals surface area contributed by atoms with E-state index < -0.39 is 0 Å². The van der Waals surface area contributed by atoms with Crippen LogP contribution in [0.1, 0.15) is 42.7 Å². The van der Waals surface area contributed by atoms with E-state index in [-0.39, 0.29) is 30.5 Å². The largest absolute Gasteiger partial charge is 0.491 e. The molecule has 0 spiro atoms. The second kappa shape index (κ2) is 10.7. The number of carbonyl (C=O) groups is 2. The SMILES string of the molecule is CCC(=O)N(CC(=O)N1CCc2sccc2[C@H]1COc1ccc(Cl)cc1)C[C@@H]1CCCO1. The van der Waals surface area contributed by atoms with Crippen molar-refractivity contribution in [2.24, 2.45) is 0 Å². The molecule has 0 N–H and O–H groups in total. The summed E-state index contributed by atoms with van der Waals surface area (Å²) < 4.78 is 11.8. The van der Waals surface area contributed by atoms with E-state index in [2.05, 4.69) is 11.4 Å². The van der Waals surface area contributed by atoms with E-state index >= 15 is 0 Å². The normalized spacial score (nSPS) is 20.1. The topological polar surface area (TPSA) is 59.1 Å². The second-order valence-electron chi connectivity index (χ2n) is 8.18. The maximum absolute atomic E-state index is 13.4. The van der Waals surface area contributed by atoms with Crippen LogP contribution in [-0.2, 0) is 20.7 Å². The summed E-state index contributed by atoms with van der Waals surface area (Å²) in [6.07, 6.45) is 3.15. The molecule has 0 radical (unpaired) electrons. The molecule has 2 aromatic rings. The van der Waals surface area contributed by atoms with Crippen LogP contribution in [0.4, 0.5) is 0 Å². The summed E-state index contributed by atoms with van der Waals surface area (Å²) in [5.41, 5.74) is 1.14. The summed E-state index contributed by atoms with van der Waals surface area (Å²) >= 11 is 7.69. The number of hydrogen-bond acceptors (Lipinski definition) is 5. The van der Waals surface area contributed by atoms with E-state index in [1.807, 2.05) is 24.0 Å². The highest BCUT2D eigenvalue weighted by atomic mass is 35.5. The number of nitrogens with zero attached hydrogens (tertiary/aromatic N) is 2. The van der Waals surface area contributed by atoms with Gasteiger partial charge in [-0.15, -0.1) is 11.3 Å². The van der Waals surface area contributed by atoms with E-state index in [1.54, 1.807) is 28.4 Å². The minimum atomic E-state index is -0.186. The minimum Gasteiger partial charge on any atom is -0.491 e. The third-order valence-corrected chi connectivity index (χ3v) is 7.31. The fourth-order valence-corrected chi connectivity index (χ4v) is 5.40. The number of benzene rings is 1. The third-order valence-electron chi connectivity index (χ3n) is 6.07. The number of hydrogen-bond donors (Lipinski definition) is 0. The lowest BCUT2D eigenvalue weighted by Gasteiger charge is -2.37. The molecule has 1 saturated heterocycles. The maximum Gasteiger partial charge on any atom is 0.242 e. The van der Waals surface area contributed by atoms with Gasteiger partial charge in [-0.3, -0.25) is 9.59 Å². The van der Waals surface area contributed by atoms with Gasteiger partial charge in [-0.25, -0.2) is 0 Å². The van der Waals surface area contributed by atoms with Crippen molar-refractivity contribution in [1.29, 1.82) is 0 Å². The molecule has 1 aromatic carbocycles. The highest BCUT2D eigenvalue weighted by Crippen LogP contribution is 2.34. The van der Waals surface area contributed by atoms with Crippen LogP contribution < -0.4 is 4.74 Å². The molecule has 1 aromatic heterocycles. The maximum atomic E-state index is 13.4. The molecule has 4 rings (SSSR count). The molecule has 0 bridgehead atoms. The highest BCUT2D eigenvalue weighted by molar-refractivity contribution is 7.10. The van der Waals surface area contributed by atoms with Gasteiger partial charge in [-0.2, -0.15) is 0 Å². The first kappa shape index (κ1) is 23.1. The van der Waals surface area contributed by atoms with Crippen molar-refractivity contribution >= 4 is 34.8 Å². The number of ether oxygens (including phenoxy) is 2. The average Bonchev–Trinajstić information content (AvgIpc) is 3.49. The Balaban J connectivity index is 1.47. The average molecular weight is 477 g/mol. The summed E-state index contributed by atoms with van der Waals surface area (Å²) in [6, 6.07) is 9.13. The molecule has 172 valence electrons. The van der Waals surface area contributed by atoms with Crippen LogP contribution in [0.5, 0.6) is 5.75 Å². The number of thiophene rings is 1.